The smallest absolute Gasteiger partial charge is 0.0237 e. The molecule has 0 spiro atoms. The summed E-state index contributed by atoms with van der Waals surface area (Å²) in [5, 5.41) is 0. The third kappa shape index (κ3) is 3.71. The summed E-state index contributed by atoms with van der Waals surface area (Å²) >= 11 is 0. The maximum atomic E-state index is 2.37. The van der Waals surface area contributed by atoms with Crippen LogP contribution in [0.25, 0.3) is 0 Å². The Hall–Kier alpha value is -0.260. The Morgan fingerprint density at radius 1 is 1.40 bits per heavy atom. The predicted octanol–water partition coefficient (Wildman–Crippen LogP) is 3.78. The van der Waals surface area contributed by atoms with Gasteiger partial charge in [-0.15, -0.1) is 0 Å². The summed E-state index contributed by atoms with van der Waals surface area (Å²) in [5.74, 6) is 0.784. The highest BCUT2D eigenvalue weighted by atomic mass is 14.0. The van der Waals surface area contributed by atoms with Crippen molar-refractivity contribution in [3.05, 3.63) is 11.6 Å². The first kappa shape index (κ1) is 9.74. The quantitative estimate of drug-likeness (QED) is 0.521. The lowest BCUT2D eigenvalue weighted by atomic mass is 9.99. The van der Waals surface area contributed by atoms with E-state index in [4.69, 9.17) is 0 Å². The first-order valence-electron chi connectivity index (χ1n) is 4.39. The van der Waals surface area contributed by atoms with Crippen molar-refractivity contribution in [1.29, 1.82) is 0 Å². The van der Waals surface area contributed by atoms with Gasteiger partial charge in [0.1, 0.15) is 0 Å². The van der Waals surface area contributed by atoms with Crippen molar-refractivity contribution >= 4 is 0 Å². The SMILES string of the molecule is CCCC=C(C)C(C)CC. The average Bonchev–Trinajstić information content (AvgIpc) is 1.98. The third-order valence-corrected chi connectivity index (χ3v) is 2.14. The van der Waals surface area contributed by atoms with E-state index in [1.807, 2.05) is 0 Å². The van der Waals surface area contributed by atoms with E-state index in [2.05, 4.69) is 33.8 Å². The minimum atomic E-state index is 0.784. The lowest BCUT2D eigenvalue weighted by molar-refractivity contribution is 0.650. The van der Waals surface area contributed by atoms with Crippen molar-refractivity contribution in [3.63, 3.8) is 0 Å². The van der Waals surface area contributed by atoms with E-state index >= 15 is 0 Å². The highest BCUT2D eigenvalue weighted by molar-refractivity contribution is 5.01. The maximum absolute atomic E-state index is 2.37. The van der Waals surface area contributed by atoms with Gasteiger partial charge in [-0.3, -0.25) is 0 Å². The molecule has 10 heavy (non-hydrogen) atoms. The molecule has 0 radical (unpaired) electrons. The largest absolute Gasteiger partial charge is 0.0854 e. The van der Waals surface area contributed by atoms with E-state index in [0.29, 0.717) is 0 Å². The molecule has 0 heteroatoms. The van der Waals surface area contributed by atoms with Crippen LogP contribution in [0, 0.1) is 5.92 Å². The molecule has 0 aliphatic rings. The van der Waals surface area contributed by atoms with Gasteiger partial charge in [0.25, 0.3) is 0 Å². The van der Waals surface area contributed by atoms with E-state index in [9.17, 15) is 0 Å². The molecule has 0 saturated carbocycles. The van der Waals surface area contributed by atoms with Gasteiger partial charge in [0.05, 0.1) is 0 Å². The Kier molecular flexibility index (Phi) is 5.38. The third-order valence-electron chi connectivity index (χ3n) is 2.14. The minimum absolute atomic E-state index is 0.784. The molecular formula is C10H20. The van der Waals surface area contributed by atoms with Crippen LogP contribution in [0.15, 0.2) is 11.6 Å². The molecule has 0 bridgehead atoms. The van der Waals surface area contributed by atoms with Crippen molar-refractivity contribution in [2.24, 2.45) is 5.92 Å². The van der Waals surface area contributed by atoms with Gasteiger partial charge in [-0.05, 0) is 25.7 Å². The van der Waals surface area contributed by atoms with Crippen molar-refractivity contribution in [3.8, 4) is 0 Å². The molecular weight excluding hydrogens is 120 g/mol. The molecule has 0 N–H and O–H groups in total. The van der Waals surface area contributed by atoms with Crippen LogP contribution in [-0.4, -0.2) is 0 Å². The average molecular weight is 140 g/mol. The van der Waals surface area contributed by atoms with Crippen LogP contribution in [0.5, 0.6) is 0 Å². The molecule has 0 saturated heterocycles. The fourth-order valence-corrected chi connectivity index (χ4v) is 0.895. The second kappa shape index (κ2) is 5.52. The lowest BCUT2D eigenvalue weighted by Crippen LogP contribution is -1.92. The highest BCUT2D eigenvalue weighted by Crippen LogP contribution is 2.13. The van der Waals surface area contributed by atoms with Crippen LogP contribution >= 0.6 is 0 Å². The monoisotopic (exact) mass is 140 g/mol. The summed E-state index contributed by atoms with van der Waals surface area (Å²) in [6, 6.07) is 0. The summed E-state index contributed by atoms with van der Waals surface area (Å²) in [7, 11) is 0. The van der Waals surface area contributed by atoms with Crippen molar-refractivity contribution in [1.82, 2.24) is 0 Å². The van der Waals surface area contributed by atoms with E-state index in [1.54, 1.807) is 5.57 Å². The standard InChI is InChI=1S/C10H20/c1-5-7-8-10(4)9(3)6-2/h8-9H,5-7H2,1-4H3. The number of hydrogen-bond donors (Lipinski definition) is 0. The van der Waals surface area contributed by atoms with E-state index < -0.39 is 0 Å². The van der Waals surface area contributed by atoms with Gasteiger partial charge < -0.3 is 0 Å². The van der Waals surface area contributed by atoms with Gasteiger partial charge in [-0.25, -0.2) is 0 Å². The highest BCUT2D eigenvalue weighted by Gasteiger charge is 1.98. The molecule has 0 heterocycles. The van der Waals surface area contributed by atoms with E-state index in [1.165, 1.54) is 19.3 Å². The molecule has 0 aliphatic carbocycles. The summed E-state index contributed by atoms with van der Waals surface area (Å²) < 4.78 is 0. The first-order chi connectivity index (χ1) is 4.72. The van der Waals surface area contributed by atoms with E-state index in [-0.39, 0.29) is 0 Å². The summed E-state index contributed by atoms with van der Waals surface area (Å²) in [5.41, 5.74) is 1.56. The number of allylic oxidation sites excluding steroid dienone is 2. The molecule has 1 atom stereocenters. The van der Waals surface area contributed by atoms with Gasteiger partial charge in [-0.2, -0.15) is 0 Å². The van der Waals surface area contributed by atoms with Crippen LogP contribution in [0.3, 0.4) is 0 Å². The Labute approximate surface area is 65.3 Å². The van der Waals surface area contributed by atoms with Crippen LogP contribution < -0.4 is 0 Å². The molecule has 0 fully saturated rings. The number of rotatable bonds is 4. The topological polar surface area (TPSA) is 0 Å². The number of hydrogen-bond acceptors (Lipinski definition) is 0. The molecule has 0 aliphatic heterocycles. The summed E-state index contributed by atoms with van der Waals surface area (Å²) in [6.07, 6.45) is 6.16. The fourth-order valence-electron chi connectivity index (χ4n) is 0.895. The predicted molar refractivity (Wildman–Crippen MR) is 48.1 cm³/mol. The molecule has 0 aromatic carbocycles. The second-order valence-corrected chi connectivity index (χ2v) is 3.05. The first-order valence-corrected chi connectivity index (χ1v) is 4.39. The summed E-state index contributed by atoms with van der Waals surface area (Å²) in [6.45, 7) is 9.00. The fraction of sp³-hybridized carbons (Fsp3) is 0.800. The molecule has 1 unspecified atom stereocenters. The molecule has 0 aromatic rings. The van der Waals surface area contributed by atoms with E-state index in [0.717, 1.165) is 5.92 Å². The van der Waals surface area contributed by atoms with Gasteiger partial charge >= 0.3 is 0 Å². The Bertz CT molecular complexity index is 101. The summed E-state index contributed by atoms with van der Waals surface area (Å²) in [4.78, 5) is 0. The lowest BCUT2D eigenvalue weighted by Gasteiger charge is -2.07. The van der Waals surface area contributed by atoms with Crippen LogP contribution in [0.2, 0.25) is 0 Å². The second-order valence-electron chi connectivity index (χ2n) is 3.05. The zero-order chi connectivity index (χ0) is 7.98. The minimum Gasteiger partial charge on any atom is -0.0854 e. The zero-order valence-corrected chi connectivity index (χ0v) is 7.78. The molecule has 60 valence electrons. The van der Waals surface area contributed by atoms with Crippen molar-refractivity contribution < 1.29 is 0 Å². The normalized spacial score (nSPS) is 15.4. The molecule has 0 rings (SSSR count). The van der Waals surface area contributed by atoms with Gasteiger partial charge in [0.2, 0.25) is 0 Å². The molecule has 0 nitrogen and oxygen atoms in total. The van der Waals surface area contributed by atoms with Gasteiger partial charge in [0.15, 0.2) is 0 Å². The van der Waals surface area contributed by atoms with Gasteiger partial charge in [0, 0.05) is 0 Å². The number of unbranched alkanes of at least 4 members (excludes halogenated alkanes) is 1. The maximum Gasteiger partial charge on any atom is -0.0237 e. The van der Waals surface area contributed by atoms with Crippen molar-refractivity contribution in [2.75, 3.05) is 0 Å². The van der Waals surface area contributed by atoms with Crippen LogP contribution in [0.4, 0.5) is 0 Å². The molecule has 0 amide bonds. The Morgan fingerprint density at radius 3 is 2.40 bits per heavy atom. The Morgan fingerprint density at radius 2 is 2.00 bits per heavy atom. The van der Waals surface area contributed by atoms with Crippen LogP contribution in [-0.2, 0) is 0 Å². The van der Waals surface area contributed by atoms with Crippen molar-refractivity contribution in [2.45, 2.75) is 47.0 Å². The molecule has 0 aromatic heterocycles. The van der Waals surface area contributed by atoms with Gasteiger partial charge in [-0.1, -0.05) is 38.8 Å². The Balaban J connectivity index is 3.67. The zero-order valence-electron chi connectivity index (χ0n) is 7.78. The van der Waals surface area contributed by atoms with Crippen LogP contribution in [0.1, 0.15) is 47.0 Å².